The lowest BCUT2D eigenvalue weighted by atomic mass is 9.88. The fourth-order valence-corrected chi connectivity index (χ4v) is 2.13. The molecule has 0 atom stereocenters. The molecular weight excluding hydrogens is 192 g/mol. The van der Waals surface area contributed by atoms with E-state index in [1.807, 2.05) is 4.68 Å². The Kier molecular flexibility index (Phi) is 2.06. The van der Waals surface area contributed by atoms with Gasteiger partial charge in [0.2, 0.25) is 0 Å². The van der Waals surface area contributed by atoms with Crippen LogP contribution in [0.4, 0.5) is 11.5 Å². The fraction of sp³-hybridized carbons (Fsp3) is 0.700. The molecule has 3 N–H and O–H groups in total. The van der Waals surface area contributed by atoms with Crippen LogP contribution in [0, 0.1) is 5.41 Å². The Morgan fingerprint density at radius 1 is 1.40 bits per heavy atom. The highest BCUT2D eigenvalue weighted by molar-refractivity contribution is 5.61. The molecule has 5 nitrogen and oxygen atoms in total. The van der Waals surface area contributed by atoms with Crippen molar-refractivity contribution in [3.05, 3.63) is 10.4 Å². The molecule has 0 amide bonds. The first kappa shape index (κ1) is 10.1. The van der Waals surface area contributed by atoms with Gasteiger partial charge < -0.3 is 11.1 Å². The topological polar surface area (TPSA) is 65.0 Å². The Labute approximate surface area is 88.8 Å². The molecule has 5 heteroatoms. The van der Waals surface area contributed by atoms with Gasteiger partial charge >= 0.3 is 0 Å². The molecule has 84 valence electrons. The molecule has 0 radical (unpaired) electrons. The summed E-state index contributed by atoms with van der Waals surface area (Å²) in [6.45, 7) is 5.94. The molecular formula is C10H18N4O. The molecule has 1 aliphatic heterocycles. The van der Waals surface area contributed by atoms with Crippen LogP contribution < -0.4 is 16.6 Å². The maximum atomic E-state index is 11.9. The molecule has 2 heterocycles. The number of aromatic nitrogens is 2. The number of nitrogens with two attached hydrogens (primary N) is 1. The van der Waals surface area contributed by atoms with Crippen molar-refractivity contribution >= 4 is 11.5 Å². The molecule has 1 aromatic rings. The molecule has 0 unspecified atom stereocenters. The third-order valence-electron chi connectivity index (χ3n) is 3.10. The van der Waals surface area contributed by atoms with E-state index in [1.54, 1.807) is 11.7 Å². The fourth-order valence-electron chi connectivity index (χ4n) is 2.13. The van der Waals surface area contributed by atoms with E-state index in [9.17, 15) is 4.79 Å². The predicted molar refractivity (Wildman–Crippen MR) is 61.0 cm³/mol. The molecule has 0 spiro atoms. The number of nitrogens with one attached hydrogen (secondary N) is 1. The van der Waals surface area contributed by atoms with Gasteiger partial charge in [-0.05, 0) is 11.8 Å². The van der Waals surface area contributed by atoms with Crippen LogP contribution in [-0.4, -0.2) is 16.4 Å². The summed E-state index contributed by atoms with van der Waals surface area (Å²) in [6.07, 6.45) is 1.01. The number of rotatable bonds is 1. The van der Waals surface area contributed by atoms with Crippen LogP contribution >= 0.6 is 0 Å². The number of nitrogen functional groups attached to an aromatic ring is 1. The Bertz CT molecular complexity index is 441. The van der Waals surface area contributed by atoms with Crippen LogP contribution in [0.15, 0.2) is 4.79 Å². The van der Waals surface area contributed by atoms with Gasteiger partial charge in [-0.15, -0.1) is 0 Å². The van der Waals surface area contributed by atoms with Gasteiger partial charge in [-0.3, -0.25) is 9.48 Å². The van der Waals surface area contributed by atoms with E-state index >= 15 is 0 Å². The van der Waals surface area contributed by atoms with Crippen LogP contribution in [-0.2, 0) is 13.1 Å². The largest absolute Gasteiger partial charge is 0.382 e. The minimum absolute atomic E-state index is 0.00880. The zero-order valence-electron chi connectivity index (χ0n) is 9.50. The molecule has 0 fully saturated rings. The molecule has 0 saturated heterocycles. The van der Waals surface area contributed by atoms with Crippen molar-refractivity contribution in [3.8, 4) is 0 Å². The third kappa shape index (κ3) is 1.42. The summed E-state index contributed by atoms with van der Waals surface area (Å²) in [4.78, 5) is 11.9. The van der Waals surface area contributed by atoms with Gasteiger partial charge in [0.25, 0.3) is 5.56 Å². The molecule has 1 aliphatic rings. The summed E-state index contributed by atoms with van der Waals surface area (Å²) in [6, 6.07) is 0. The van der Waals surface area contributed by atoms with E-state index in [4.69, 9.17) is 5.73 Å². The minimum atomic E-state index is -0.00880. The van der Waals surface area contributed by atoms with Gasteiger partial charge in [0.05, 0.1) is 0 Å². The quantitative estimate of drug-likeness (QED) is 0.717. The highest BCUT2D eigenvalue weighted by Gasteiger charge is 2.29. The van der Waals surface area contributed by atoms with Gasteiger partial charge in [0.1, 0.15) is 11.5 Å². The number of nitrogens with zero attached hydrogens (tertiary/aromatic N) is 2. The van der Waals surface area contributed by atoms with E-state index in [1.165, 1.54) is 0 Å². The standard InChI is InChI=1S/C10H18N4O/c1-10(2)4-5-13-9(15)7(12-3)8(11)14(13)6-10/h12H,4-6,11H2,1-3H3. The minimum Gasteiger partial charge on any atom is -0.382 e. The zero-order chi connectivity index (χ0) is 11.2. The van der Waals surface area contributed by atoms with E-state index < -0.39 is 0 Å². The highest BCUT2D eigenvalue weighted by Crippen LogP contribution is 2.30. The molecule has 0 aromatic carbocycles. The SMILES string of the molecule is CNc1c(N)n2n(c1=O)CCC(C)(C)C2. The Hall–Kier alpha value is -1.39. The van der Waals surface area contributed by atoms with Crippen molar-refractivity contribution in [2.45, 2.75) is 33.4 Å². The smallest absolute Gasteiger partial charge is 0.292 e. The number of hydrogen-bond acceptors (Lipinski definition) is 3. The van der Waals surface area contributed by atoms with Crippen LogP contribution in [0.5, 0.6) is 0 Å². The average Bonchev–Trinajstić information content (AvgIpc) is 2.38. The molecule has 0 bridgehead atoms. The monoisotopic (exact) mass is 210 g/mol. The zero-order valence-corrected chi connectivity index (χ0v) is 9.50. The number of fused-ring (bicyclic) bond motifs is 1. The molecule has 0 saturated carbocycles. The summed E-state index contributed by atoms with van der Waals surface area (Å²) >= 11 is 0. The lowest BCUT2D eigenvalue weighted by Crippen LogP contribution is -2.36. The summed E-state index contributed by atoms with van der Waals surface area (Å²) in [5.41, 5.74) is 6.66. The summed E-state index contributed by atoms with van der Waals surface area (Å²) in [7, 11) is 1.73. The van der Waals surface area contributed by atoms with Crippen LogP contribution in [0.25, 0.3) is 0 Å². The molecule has 1 aromatic heterocycles. The van der Waals surface area contributed by atoms with E-state index in [2.05, 4.69) is 19.2 Å². The lowest BCUT2D eigenvalue weighted by Gasteiger charge is -2.32. The van der Waals surface area contributed by atoms with E-state index in [0.717, 1.165) is 19.5 Å². The predicted octanol–water partition coefficient (Wildman–Crippen LogP) is 0.704. The second-order valence-electron chi connectivity index (χ2n) is 4.91. The van der Waals surface area contributed by atoms with Crippen LogP contribution in [0.2, 0.25) is 0 Å². The second kappa shape index (κ2) is 3.05. The number of anilines is 2. The van der Waals surface area contributed by atoms with Gasteiger partial charge in [-0.25, -0.2) is 4.68 Å². The Morgan fingerprint density at radius 2 is 2.07 bits per heavy atom. The average molecular weight is 210 g/mol. The molecule has 0 aliphatic carbocycles. The van der Waals surface area contributed by atoms with Crippen molar-refractivity contribution in [2.75, 3.05) is 18.1 Å². The Balaban J connectivity index is 2.57. The van der Waals surface area contributed by atoms with E-state index in [-0.39, 0.29) is 11.0 Å². The van der Waals surface area contributed by atoms with Gasteiger partial charge in [-0.1, -0.05) is 13.8 Å². The molecule has 2 rings (SSSR count). The lowest BCUT2D eigenvalue weighted by molar-refractivity contribution is 0.180. The first-order chi connectivity index (χ1) is 6.96. The van der Waals surface area contributed by atoms with Crippen molar-refractivity contribution in [2.24, 2.45) is 5.41 Å². The Morgan fingerprint density at radius 3 is 2.67 bits per heavy atom. The highest BCUT2D eigenvalue weighted by atomic mass is 16.1. The third-order valence-corrected chi connectivity index (χ3v) is 3.10. The van der Waals surface area contributed by atoms with Crippen LogP contribution in [0.1, 0.15) is 20.3 Å². The van der Waals surface area contributed by atoms with Crippen molar-refractivity contribution in [1.29, 1.82) is 0 Å². The first-order valence-electron chi connectivity index (χ1n) is 5.23. The maximum absolute atomic E-state index is 11.9. The van der Waals surface area contributed by atoms with E-state index in [0.29, 0.717) is 11.5 Å². The normalized spacial score (nSPS) is 18.6. The molecule has 15 heavy (non-hydrogen) atoms. The van der Waals surface area contributed by atoms with Gasteiger partial charge in [0.15, 0.2) is 0 Å². The number of hydrogen-bond donors (Lipinski definition) is 2. The maximum Gasteiger partial charge on any atom is 0.292 e. The van der Waals surface area contributed by atoms with Crippen LogP contribution in [0.3, 0.4) is 0 Å². The van der Waals surface area contributed by atoms with Crippen molar-refractivity contribution < 1.29 is 0 Å². The van der Waals surface area contributed by atoms with Crippen molar-refractivity contribution in [1.82, 2.24) is 9.36 Å². The second-order valence-corrected chi connectivity index (χ2v) is 4.91. The van der Waals surface area contributed by atoms with Gasteiger partial charge in [-0.2, -0.15) is 0 Å². The summed E-state index contributed by atoms with van der Waals surface area (Å²) < 4.78 is 3.62. The summed E-state index contributed by atoms with van der Waals surface area (Å²) in [5, 5.41) is 2.87. The van der Waals surface area contributed by atoms with Crippen molar-refractivity contribution in [3.63, 3.8) is 0 Å². The summed E-state index contributed by atoms with van der Waals surface area (Å²) in [5.74, 6) is 0.551. The first-order valence-corrected chi connectivity index (χ1v) is 5.23. The van der Waals surface area contributed by atoms with Gasteiger partial charge in [0, 0.05) is 20.1 Å².